The Morgan fingerprint density at radius 1 is 1.22 bits per heavy atom. The average molecular weight is 327 g/mol. The van der Waals surface area contributed by atoms with Crippen LogP contribution in [0.15, 0.2) is 0 Å². The molecule has 0 unspecified atom stereocenters. The Morgan fingerprint density at radius 2 is 1.96 bits per heavy atom. The molecule has 2 aliphatic rings. The van der Waals surface area contributed by atoms with Gasteiger partial charge in [0.05, 0.1) is 5.92 Å². The molecule has 0 saturated carbocycles. The summed E-state index contributed by atoms with van der Waals surface area (Å²) in [4.78, 5) is 28.6. The van der Waals surface area contributed by atoms with Crippen molar-refractivity contribution in [1.29, 1.82) is 0 Å². The SMILES string of the molecule is CCOCC(=O)N1CCN(C2CCOCC2)C[C@H](C(=O)NC)C1. The molecular weight excluding hydrogens is 298 g/mol. The third kappa shape index (κ3) is 5.16. The Hall–Kier alpha value is -1.18. The Balaban J connectivity index is 2.03. The summed E-state index contributed by atoms with van der Waals surface area (Å²) >= 11 is 0. The second-order valence-electron chi connectivity index (χ2n) is 6.13. The summed E-state index contributed by atoms with van der Waals surface area (Å²) < 4.78 is 10.7. The van der Waals surface area contributed by atoms with E-state index in [9.17, 15) is 9.59 Å². The minimum Gasteiger partial charge on any atom is -0.381 e. The molecule has 7 nitrogen and oxygen atoms in total. The number of hydrogen-bond donors (Lipinski definition) is 1. The van der Waals surface area contributed by atoms with Gasteiger partial charge < -0.3 is 19.7 Å². The summed E-state index contributed by atoms with van der Waals surface area (Å²) in [5.74, 6) is -0.233. The van der Waals surface area contributed by atoms with Crippen molar-refractivity contribution in [2.45, 2.75) is 25.8 Å². The summed E-state index contributed by atoms with van der Waals surface area (Å²) in [6.45, 7) is 6.65. The van der Waals surface area contributed by atoms with Gasteiger partial charge in [0.1, 0.15) is 6.61 Å². The van der Waals surface area contributed by atoms with Crippen LogP contribution in [0.5, 0.6) is 0 Å². The van der Waals surface area contributed by atoms with Crippen LogP contribution >= 0.6 is 0 Å². The highest BCUT2D eigenvalue weighted by atomic mass is 16.5. The van der Waals surface area contributed by atoms with Crippen molar-refractivity contribution in [3.63, 3.8) is 0 Å². The van der Waals surface area contributed by atoms with Gasteiger partial charge in [0, 0.05) is 59.1 Å². The molecule has 2 aliphatic heterocycles. The van der Waals surface area contributed by atoms with Crippen LogP contribution in [0.3, 0.4) is 0 Å². The zero-order chi connectivity index (χ0) is 16.7. The lowest BCUT2D eigenvalue weighted by Gasteiger charge is -2.34. The summed E-state index contributed by atoms with van der Waals surface area (Å²) in [6.07, 6.45) is 1.99. The maximum absolute atomic E-state index is 12.3. The lowest BCUT2D eigenvalue weighted by molar-refractivity contribution is -0.137. The molecule has 0 spiro atoms. The number of carbonyl (C=O) groups is 2. The maximum atomic E-state index is 12.3. The molecule has 132 valence electrons. The van der Waals surface area contributed by atoms with Crippen LogP contribution < -0.4 is 5.32 Å². The fourth-order valence-electron chi connectivity index (χ4n) is 3.30. The van der Waals surface area contributed by atoms with E-state index >= 15 is 0 Å². The molecule has 2 fully saturated rings. The molecule has 2 saturated heterocycles. The van der Waals surface area contributed by atoms with Crippen LogP contribution in [0.1, 0.15) is 19.8 Å². The Bertz CT molecular complexity index is 399. The van der Waals surface area contributed by atoms with Gasteiger partial charge in [0.25, 0.3) is 0 Å². The van der Waals surface area contributed by atoms with Crippen molar-refractivity contribution in [3.05, 3.63) is 0 Å². The van der Waals surface area contributed by atoms with E-state index in [1.807, 2.05) is 6.92 Å². The quantitative estimate of drug-likeness (QED) is 0.751. The Kier molecular flexibility index (Phi) is 7.26. The number of hydrogen-bond acceptors (Lipinski definition) is 5. The molecule has 0 aliphatic carbocycles. The monoisotopic (exact) mass is 327 g/mol. The minimum absolute atomic E-state index is 0.00170. The molecule has 23 heavy (non-hydrogen) atoms. The van der Waals surface area contributed by atoms with Gasteiger partial charge in [-0.15, -0.1) is 0 Å². The van der Waals surface area contributed by atoms with Crippen molar-refractivity contribution in [2.75, 3.05) is 59.7 Å². The van der Waals surface area contributed by atoms with Crippen molar-refractivity contribution < 1.29 is 19.1 Å². The lowest BCUT2D eigenvalue weighted by Crippen LogP contribution is -2.45. The fourth-order valence-corrected chi connectivity index (χ4v) is 3.30. The summed E-state index contributed by atoms with van der Waals surface area (Å²) in [7, 11) is 1.65. The zero-order valence-corrected chi connectivity index (χ0v) is 14.3. The smallest absolute Gasteiger partial charge is 0.248 e. The van der Waals surface area contributed by atoms with Crippen molar-refractivity contribution in [2.24, 2.45) is 5.92 Å². The number of ether oxygens (including phenoxy) is 2. The van der Waals surface area contributed by atoms with Gasteiger partial charge in [0.2, 0.25) is 11.8 Å². The van der Waals surface area contributed by atoms with Crippen molar-refractivity contribution >= 4 is 11.8 Å². The van der Waals surface area contributed by atoms with E-state index in [0.29, 0.717) is 32.3 Å². The number of nitrogens with one attached hydrogen (secondary N) is 1. The topological polar surface area (TPSA) is 71.1 Å². The molecule has 2 rings (SSSR count). The van der Waals surface area contributed by atoms with Crippen LogP contribution in [0.4, 0.5) is 0 Å². The predicted molar refractivity (Wildman–Crippen MR) is 86.0 cm³/mol. The summed E-state index contributed by atoms with van der Waals surface area (Å²) in [5.41, 5.74) is 0. The number of nitrogens with zero attached hydrogens (tertiary/aromatic N) is 2. The molecule has 0 radical (unpaired) electrons. The van der Waals surface area contributed by atoms with E-state index in [-0.39, 0.29) is 24.3 Å². The number of amides is 2. The van der Waals surface area contributed by atoms with Gasteiger partial charge in [-0.2, -0.15) is 0 Å². The molecule has 1 N–H and O–H groups in total. The van der Waals surface area contributed by atoms with Crippen LogP contribution in [-0.4, -0.2) is 87.3 Å². The van der Waals surface area contributed by atoms with E-state index < -0.39 is 0 Å². The zero-order valence-electron chi connectivity index (χ0n) is 14.3. The van der Waals surface area contributed by atoms with Crippen LogP contribution in [0, 0.1) is 5.92 Å². The van der Waals surface area contributed by atoms with Gasteiger partial charge >= 0.3 is 0 Å². The van der Waals surface area contributed by atoms with Gasteiger partial charge in [-0.3, -0.25) is 14.5 Å². The summed E-state index contributed by atoms with van der Waals surface area (Å²) in [6, 6.07) is 0.442. The fraction of sp³-hybridized carbons (Fsp3) is 0.875. The van der Waals surface area contributed by atoms with Crippen LogP contribution in [-0.2, 0) is 19.1 Å². The van der Waals surface area contributed by atoms with E-state index in [1.165, 1.54) is 0 Å². The highest BCUT2D eigenvalue weighted by Gasteiger charge is 2.32. The highest BCUT2D eigenvalue weighted by Crippen LogP contribution is 2.19. The molecule has 0 aromatic rings. The third-order valence-corrected chi connectivity index (χ3v) is 4.66. The Labute approximate surface area is 138 Å². The predicted octanol–water partition coefficient (Wildman–Crippen LogP) is -0.292. The largest absolute Gasteiger partial charge is 0.381 e. The standard InChI is InChI=1S/C16H29N3O4/c1-3-22-12-15(20)19-7-6-18(14-4-8-23-9-5-14)10-13(11-19)16(21)17-2/h13-14H,3-12H2,1-2H3,(H,17,21)/t13-/m0/s1. The first-order valence-electron chi connectivity index (χ1n) is 8.54. The molecule has 2 heterocycles. The average Bonchev–Trinajstić information content (AvgIpc) is 2.83. The van der Waals surface area contributed by atoms with E-state index in [1.54, 1.807) is 11.9 Å². The normalized spacial score (nSPS) is 24.3. The van der Waals surface area contributed by atoms with Crippen LogP contribution in [0.2, 0.25) is 0 Å². The minimum atomic E-state index is -0.198. The first-order valence-corrected chi connectivity index (χ1v) is 8.54. The molecule has 0 bridgehead atoms. The number of carbonyl (C=O) groups excluding carboxylic acids is 2. The third-order valence-electron chi connectivity index (χ3n) is 4.66. The molecule has 1 atom stereocenters. The Morgan fingerprint density at radius 3 is 2.61 bits per heavy atom. The first kappa shape index (κ1) is 18.2. The van der Waals surface area contributed by atoms with Gasteiger partial charge in [-0.1, -0.05) is 0 Å². The maximum Gasteiger partial charge on any atom is 0.248 e. The van der Waals surface area contributed by atoms with Crippen LogP contribution in [0.25, 0.3) is 0 Å². The van der Waals surface area contributed by atoms with Gasteiger partial charge in [-0.25, -0.2) is 0 Å². The van der Waals surface area contributed by atoms with Gasteiger partial charge in [-0.05, 0) is 19.8 Å². The van der Waals surface area contributed by atoms with E-state index in [2.05, 4.69) is 10.2 Å². The molecule has 0 aromatic heterocycles. The van der Waals surface area contributed by atoms with E-state index in [4.69, 9.17) is 9.47 Å². The van der Waals surface area contributed by atoms with Gasteiger partial charge in [0.15, 0.2) is 0 Å². The molecule has 2 amide bonds. The number of rotatable bonds is 5. The second-order valence-corrected chi connectivity index (χ2v) is 6.13. The molecular formula is C16H29N3O4. The van der Waals surface area contributed by atoms with E-state index in [0.717, 1.165) is 32.6 Å². The lowest BCUT2D eigenvalue weighted by atomic mass is 10.0. The molecule has 7 heteroatoms. The second kappa shape index (κ2) is 9.20. The van der Waals surface area contributed by atoms with Crippen molar-refractivity contribution in [3.8, 4) is 0 Å². The first-order chi connectivity index (χ1) is 11.2. The highest BCUT2D eigenvalue weighted by molar-refractivity contribution is 5.81. The molecule has 0 aromatic carbocycles. The summed E-state index contributed by atoms with van der Waals surface area (Å²) in [5, 5.41) is 2.73. The van der Waals surface area contributed by atoms with Crippen molar-refractivity contribution in [1.82, 2.24) is 15.1 Å².